The number of ether oxygens (including phenoxy) is 3. The molecule has 11 nitrogen and oxygen atoms in total. The zero-order valence-electron chi connectivity index (χ0n) is 26.8. The lowest BCUT2D eigenvalue weighted by Crippen LogP contribution is -2.60. The van der Waals surface area contributed by atoms with Crippen LogP contribution in [0.25, 0.3) is 0 Å². The largest absolute Gasteiger partial charge is 0.497 e. The highest BCUT2D eigenvalue weighted by molar-refractivity contribution is 6.05. The summed E-state index contributed by atoms with van der Waals surface area (Å²) in [7, 11) is 1.56. The van der Waals surface area contributed by atoms with E-state index < -0.39 is 53.6 Å². The molecule has 3 fully saturated rings. The number of amides is 3. The van der Waals surface area contributed by atoms with Gasteiger partial charge in [-0.05, 0) is 56.4 Å². The zero-order chi connectivity index (χ0) is 32.9. The fraction of sp³-hybridized carbons (Fsp3) is 0.588. The van der Waals surface area contributed by atoms with Crippen molar-refractivity contribution in [2.75, 3.05) is 31.7 Å². The number of carbonyl (C=O) groups is 4. The molecular formula is C34H47N3O8. The van der Waals surface area contributed by atoms with Gasteiger partial charge in [0.2, 0.25) is 11.8 Å². The molecule has 45 heavy (non-hydrogen) atoms. The van der Waals surface area contributed by atoms with Gasteiger partial charge in [0.25, 0.3) is 5.91 Å². The Morgan fingerprint density at radius 1 is 1.22 bits per heavy atom. The van der Waals surface area contributed by atoms with Crippen LogP contribution in [0.4, 0.5) is 5.69 Å². The van der Waals surface area contributed by atoms with E-state index in [1.165, 1.54) is 4.90 Å². The Hall–Kier alpha value is -3.70. The first kappa shape index (κ1) is 34.2. The van der Waals surface area contributed by atoms with Crippen molar-refractivity contribution in [3.05, 3.63) is 49.6 Å². The number of anilines is 1. The summed E-state index contributed by atoms with van der Waals surface area (Å²) in [6, 6.07) is 5.28. The summed E-state index contributed by atoms with van der Waals surface area (Å²) in [4.78, 5) is 58.0. The van der Waals surface area contributed by atoms with Crippen LogP contribution < -0.4 is 15.0 Å². The summed E-state index contributed by atoms with van der Waals surface area (Å²) in [5.74, 6) is -2.92. The van der Waals surface area contributed by atoms with E-state index in [-0.39, 0.29) is 43.8 Å². The van der Waals surface area contributed by atoms with Gasteiger partial charge in [-0.3, -0.25) is 19.2 Å². The van der Waals surface area contributed by atoms with E-state index in [2.05, 4.69) is 18.5 Å². The van der Waals surface area contributed by atoms with Gasteiger partial charge in [0, 0.05) is 18.7 Å². The first-order chi connectivity index (χ1) is 21.6. The van der Waals surface area contributed by atoms with Gasteiger partial charge < -0.3 is 34.4 Å². The van der Waals surface area contributed by atoms with Crippen LogP contribution in [0.3, 0.4) is 0 Å². The van der Waals surface area contributed by atoms with Crippen molar-refractivity contribution in [3.63, 3.8) is 0 Å². The third-order valence-corrected chi connectivity index (χ3v) is 9.53. The molecule has 0 aliphatic carbocycles. The van der Waals surface area contributed by atoms with E-state index >= 15 is 0 Å². The molecule has 2 N–H and O–H groups in total. The van der Waals surface area contributed by atoms with Crippen LogP contribution in [0.2, 0.25) is 0 Å². The molecule has 0 radical (unpaired) electrons. The number of aliphatic hydroxyl groups is 1. The molecule has 0 unspecified atom stereocenters. The number of nitrogens with one attached hydrogen (secondary N) is 1. The minimum Gasteiger partial charge on any atom is -0.497 e. The first-order valence-corrected chi connectivity index (χ1v) is 15.8. The highest BCUT2D eigenvalue weighted by Gasteiger charge is 2.76. The number of benzene rings is 1. The summed E-state index contributed by atoms with van der Waals surface area (Å²) >= 11 is 0. The molecule has 3 amide bonds. The SMILES string of the molecule is C=CCCC(=O)NC[C@H](C)OC(=O)[C@@H]1[C@H]2C(=O)N([C@@H](CO)[C@@H](C)CC)[C@H](C(=O)N(CC=C)c3ccc(OC)cc3)[C@]23CC[C@H]1O3. The van der Waals surface area contributed by atoms with E-state index in [0.717, 1.165) is 0 Å². The van der Waals surface area contributed by atoms with Crippen LogP contribution in [0.15, 0.2) is 49.6 Å². The predicted octanol–water partition coefficient (Wildman–Crippen LogP) is 3.01. The second-order valence-corrected chi connectivity index (χ2v) is 12.3. The minimum atomic E-state index is -1.27. The number of hydrogen-bond donors (Lipinski definition) is 2. The van der Waals surface area contributed by atoms with Crippen molar-refractivity contribution in [3.8, 4) is 5.75 Å². The number of carbonyl (C=O) groups excluding carboxylic acids is 4. The number of methoxy groups -OCH3 is 1. The molecule has 3 aliphatic heterocycles. The van der Waals surface area contributed by atoms with Gasteiger partial charge in [0.15, 0.2) is 0 Å². The van der Waals surface area contributed by atoms with Crippen molar-refractivity contribution in [2.24, 2.45) is 17.8 Å². The van der Waals surface area contributed by atoms with Crippen LogP contribution in [0, 0.1) is 17.8 Å². The molecule has 4 rings (SSSR count). The van der Waals surface area contributed by atoms with Gasteiger partial charge in [0.05, 0.1) is 44.2 Å². The quantitative estimate of drug-likeness (QED) is 0.212. The molecule has 2 bridgehead atoms. The summed E-state index contributed by atoms with van der Waals surface area (Å²) in [6.45, 7) is 13.0. The summed E-state index contributed by atoms with van der Waals surface area (Å²) in [5.41, 5.74) is -0.679. The molecule has 8 atom stereocenters. The van der Waals surface area contributed by atoms with E-state index in [9.17, 15) is 24.3 Å². The Balaban J connectivity index is 1.67. The summed E-state index contributed by atoms with van der Waals surface area (Å²) < 4.78 is 17.6. The van der Waals surface area contributed by atoms with Crippen molar-refractivity contribution < 1.29 is 38.5 Å². The Labute approximate surface area is 265 Å². The second kappa shape index (κ2) is 14.6. The van der Waals surface area contributed by atoms with Crippen LogP contribution in [-0.4, -0.2) is 90.4 Å². The van der Waals surface area contributed by atoms with E-state index in [0.29, 0.717) is 37.1 Å². The van der Waals surface area contributed by atoms with Crippen LogP contribution in [-0.2, 0) is 28.7 Å². The maximum absolute atomic E-state index is 14.7. The van der Waals surface area contributed by atoms with Crippen LogP contribution in [0.5, 0.6) is 5.75 Å². The smallest absolute Gasteiger partial charge is 0.312 e. The third kappa shape index (κ3) is 6.51. The third-order valence-electron chi connectivity index (χ3n) is 9.53. The Kier molecular flexibility index (Phi) is 11.1. The number of esters is 1. The molecule has 1 aromatic rings. The lowest BCUT2D eigenvalue weighted by Gasteiger charge is -2.40. The van der Waals surface area contributed by atoms with Gasteiger partial charge in [-0.15, -0.1) is 13.2 Å². The van der Waals surface area contributed by atoms with Gasteiger partial charge in [-0.25, -0.2) is 0 Å². The Bertz CT molecular complexity index is 1270. The fourth-order valence-electron chi connectivity index (χ4n) is 7.07. The highest BCUT2D eigenvalue weighted by Crippen LogP contribution is 2.59. The average Bonchev–Trinajstić information content (AvgIpc) is 3.69. The van der Waals surface area contributed by atoms with Crippen molar-refractivity contribution in [1.29, 1.82) is 0 Å². The molecule has 1 spiro atoms. The molecule has 3 aliphatic rings. The molecule has 3 heterocycles. The van der Waals surface area contributed by atoms with E-state index in [1.807, 2.05) is 13.8 Å². The monoisotopic (exact) mass is 625 g/mol. The zero-order valence-corrected chi connectivity index (χ0v) is 26.8. The fourth-order valence-corrected chi connectivity index (χ4v) is 7.07. The number of nitrogens with zero attached hydrogens (tertiary/aromatic N) is 2. The first-order valence-electron chi connectivity index (χ1n) is 15.8. The number of hydrogen-bond acceptors (Lipinski definition) is 8. The van der Waals surface area contributed by atoms with Gasteiger partial charge in [-0.2, -0.15) is 0 Å². The highest BCUT2D eigenvalue weighted by atomic mass is 16.6. The average molecular weight is 626 g/mol. The summed E-state index contributed by atoms with van der Waals surface area (Å²) in [5, 5.41) is 13.3. The van der Waals surface area contributed by atoms with E-state index in [1.54, 1.807) is 55.4 Å². The Morgan fingerprint density at radius 3 is 2.53 bits per heavy atom. The number of likely N-dealkylation sites (tertiary alicyclic amines) is 1. The molecule has 11 heteroatoms. The summed E-state index contributed by atoms with van der Waals surface area (Å²) in [6.07, 6.45) is 4.40. The van der Waals surface area contributed by atoms with Crippen molar-refractivity contribution in [1.82, 2.24) is 10.2 Å². The maximum Gasteiger partial charge on any atom is 0.312 e. The van der Waals surface area contributed by atoms with Crippen LogP contribution >= 0.6 is 0 Å². The van der Waals surface area contributed by atoms with Crippen molar-refractivity contribution >= 4 is 29.4 Å². The maximum atomic E-state index is 14.7. The number of aliphatic hydroxyl groups excluding tert-OH is 1. The predicted molar refractivity (Wildman–Crippen MR) is 168 cm³/mol. The Morgan fingerprint density at radius 2 is 1.93 bits per heavy atom. The second-order valence-electron chi connectivity index (χ2n) is 12.3. The minimum absolute atomic E-state index is 0.121. The number of rotatable bonds is 16. The van der Waals surface area contributed by atoms with Crippen LogP contribution in [0.1, 0.15) is 52.9 Å². The lowest BCUT2D eigenvalue weighted by molar-refractivity contribution is -0.160. The van der Waals surface area contributed by atoms with Crippen molar-refractivity contribution in [2.45, 2.75) is 82.8 Å². The molecule has 1 aromatic carbocycles. The standard InChI is InChI=1S/C34H47N3O8/c1-7-10-11-27(39)35-19-22(5)44-33(42)28-26-16-17-34(45-26)29(28)31(40)37(25(20-38)21(4)9-3)30(34)32(41)36(18-8-2)23-12-14-24(43-6)15-13-23/h7-8,12-15,21-22,25-26,28-30,38H,1-2,9-11,16-20H2,3-6H3,(H,35,39)/t21-,22-,25-,26+,28-,29-,30+,34-/m0/s1. The van der Waals surface area contributed by atoms with E-state index in [4.69, 9.17) is 14.2 Å². The number of fused-ring (bicyclic) bond motifs is 1. The molecule has 246 valence electrons. The van der Waals surface area contributed by atoms with Gasteiger partial charge in [0.1, 0.15) is 23.5 Å². The molecule has 0 saturated carbocycles. The van der Waals surface area contributed by atoms with Gasteiger partial charge >= 0.3 is 5.97 Å². The molecular weight excluding hydrogens is 578 g/mol. The molecule has 3 saturated heterocycles. The molecule has 0 aromatic heterocycles. The lowest BCUT2D eigenvalue weighted by atomic mass is 9.70. The normalized spacial score (nSPS) is 26.9. The topological polar surface area (TPSA) is 135 Å². The number of allylic oxidation sites excluding steroid dienone is 1. The van der Waals surface area contributed by atoms with Gasteiger partial charge in [-0.1, -0.05) is 32.4 Å².